The van der Waals surface area contributed by atoms with Crippen molar-refractivity contribution in [3.05, 3.63) is 29.6 Å². The highest BCUT2D eigenvalue weighted by Crippen LogP contribution is 2.02. The Labute approximate surface area is 139 Å². The Kier molecular flexibility index (Phi) is 12.5. The summed E-state index contributed by atoms with van der Waals surface area (Å²) in [7, 11) is 2.07. The standard InChI is InChI=1S/C14H24N4O.2ClH/c1-4-11(2)18(3)8-7-17-14(19)12-5-6-16-13(9-12)10-15;;/h5-6,9,11H,4,7-8,10,15H2,1-3H3,(H,17,19);2*1H. The van der Waals surface area contributed by atoms with E-state index < -0.39 is 0 Å². The number of hydrogen-bond donors (Lipinski definition) is 2. The second-order valence-corrected chi connectivity index (χ2v) is 4.73. The van der Waals surface area contributed by atoms with Crippen molar-refractivity contribution in [2.45, 2.75) is 32.9 Å². The molecule has 0 saturated carbocycles. The van der Waals surface area contributed by atoms with Gasteiger partial charge in [-0.1, -0.05) is 6.92 Å². The van der Waals surface area contributed by atoms with Crippen LogP contribution in [-0.4, -0.2) is 42.0 Å². The van der Waals surface area contributed by atoms with E-state index in [-0.39, 0.29) is 30.7 Å². The van der Waals surface area contributed by atoms with Crippen molar-refractivity contribution >= 4 is 30.7 Å². The van der Waals surface area contributed by atoms with Crippen LogP contribution in [-0.2, 0) is 6.54 Å². The molecule has 0 fully saturated rings. The molecular formula is C14H26Cl2N4O. The molecule has 0 bridgehead atoms. The molecule has 122 valence electrons. The molecule has 1 amide bonds. The summed E-state index contributed by atoms with van der Waals surface area (Å²) >= 11 is 0. The normalized spacial score (nSPS) is 11.3. The van der Waals surface area contributed by atoms with Gasteiger partial charge in [0.05, 0.1) is 5.69 Å². The summed E-state index contributed by atoms with van der Waals surface area (Å²) in [6, 6.07) is 3.96. The number of likely N-dealkylation sites (N-methyl/N-ethyl adjacent to an activating group) is 1. The van der Waals surface area contributed by atoms with Crippen LogP contribution >= 0.6 is 24.8 Å². The molecule has 5 nitrogen and oxygen atoms in total. The van der Waals surface area contributed by atoms with E-state index in [9.17, 15) is 4.79 Å². The minimum Gasteiger partial charge on any atom is -0.351 e. The molecule has 0 spiro atoms. The molecule has 1 heterocycles. The fourth-order valence-corrected chi connectivity index (χ4v) is 1.71. The Morgan fingerprint density at radius 3 is 2.71 bits per heavy atom. The van der Waals surface area contributed by atoms with Gasteiger partial charge in [-0.05, 0) is 32.5 Å². The Morgan fingerprint density at radius 2 is 2.14 bits per heavy atom. The third-order valence-electron chi connectivity index (χ3n) is 3.38. The molecule has 0 radical (unpaired) electrons. The Balaban J connectivity index is 0. The topological polar surface area (TPSA) is 71.2 Å². The molecule has 0 aliphatic carbocycles. The van der Waals surface area contributed by atoms with Crippen molar-refractivity contribution in [2.24, 2.45) is 5.73 Å². The van der Waals surface area contributed by atoms with Gasteiger partial charge in [-0.15, -0.1) is 24.8 Å². The van der Waals surface area contributed by atoms with Crippen LogP contribution in [0.1, 0.15) is 36.3 Å². The number of nitrogens with zero attached hydrogens (tertiary/aromatic N) is 2. The van der Waals surface area contributed by atoms with Crippen LogP contribution < -0.4 is 11.1 Å². The third kappa shape index (κ3) is 7.62. The zero-order valence-corrected chi connectivity index (χ0v) is 14.5. The van der Waals surface area contributed by atoms with Crippen molar-refractivity contribution in [1.82, 2.24) is 15.2 Å². The van der Waals surface area contributed by atoms with Crippen molar-refractivity contribution in [1.29, 1.82) is 0 Å². The minimum absolute atomic E-state index is 0. The molecule has 1 atom stereocenters. The van der Waals surface area contributed by atoms with E-state index in [1.54, 1.807) is 18.3 Å². The summed E-state index contributed by atoms with van der Waals surface area (Å²) < 4.78 is 0. The van der Waals surface area contributed by atoms with Crippen molar-refractivity contribution in [3.63, 3.8) is 0 Å². The number of nitrogens with two attached hydrogens (primary N) is 1. The van der Waals surface area contributed by atoms with Gasteiger partial charge in [0.2, 0.25) is 0 Å². The van der Waals surface area contributed by atoms with Crippen LogP contribution in [0.3, 0.4) is 0 Å². The predicted molar refractivity (Wildman–Crippen MR) is 91.3 cm³/mol. The van der Waals surface area contributed by atoms with Crippen LogP contribution in [0.15, 0.2) is 18.3 Å². The van der Waals surface area contributed by atoms with Gasteiger partial charge in [-0.25, -0.2) is 0 Å². The van der Waals surface area contributed by atoms with Gasteiger partial charge in [0.25, 0.3) is 5.91 Å². The highest BCUT2D eigenvalue weighted by Gasteiger charge is 2.08. The number of aromatic nitrogens is 1. The number of nitrogens with one attached hydrogen (secondary N) is 1. The number of carbonyl (C=O) groups is 1. The van der Waals surface area contributed by atoms with E-state index in [2.05, 4.69) is 36.1 Å². The van der Waals surface area contributed by atoms with Gasteiger partial charge in [-0.3, -0.25) is 9.78 Å². The van der Waals surface area contributed by atoms with Gasteiger partial charge in [0.1, 0.15) is 0 Å². The number of hydrogen-bond acceptors (Lipinski definition) is 4. The summed E-state index contributed by atoms with van der Waals surface area (Å²) in [6.07, 6.45) is 2.72. The largest absolute Gasteiger partial charge is 0.351 e. The molecule has 3 N–H and O–H groups in total. The molecule has 1 aromatic heterocycles. The molecule has 0 aromatic carbocycles. The number of rotatable bonds is 7. The molecule has 1 rings (SSSR count). The first kappa shape index (κ1) is 22.4. The van der Waals surface area contributed by atoms with E-state index in [1.807, 2.05) is 0 Å². The molecule has 0 saturated heterocycles. The summed E-state index contributed by atoms with van der Waals surface area (Å²) in [5.74, 6) is -0.0744. The van der Waals surface area contributed by atoms with Gasteiger partial charge in [0.15, 0.2) is 0 Å². The molecule has 7 heteroatoms. The lowest BCUT2D eigenvalue weighted by molar-refractivity contribution is 0.0947. The monoisotopic (exact) mass is 336 g/mol. The highest BCUT2D eigenvalue weighted by molar-refractivity contribution is 5.94. The lowest BCUT2D eigenvalue weighted by atomic mass is 10.2. The maximum Gasteiger partial charge on any atom is 0.251 e. The second-order valence-electron chi connectivity index (χ2n) is 4.73. The fraction of sp³-hybridized carbons (Fsp3) is 0.571. The smallest absolute Gasteiger partial charge is 0.251 e. The first-order valence-corrected chi connectivity index (χ1v) is 6.71. The van der Waals surface area contributed by atoms with Crippen LogP contribution in [0.5, 0.6) is 0 Å². The second kappa shape index (κ2) is 11.7. The van der Waals surface area contributed by atoms with Gasteiger partial charge >= 0.3 is 0 Å². The Bertz CT molecular complexity index is 418. The average Bonchev–Trinajstić information content (AvgIpc) is 2.46. The summed E-state index contributed by atoms with van der Waals surface area (Å²) in [4.78, 5) is 18.2. The van der Waals surface area contributed by atoms with Gasteiger partial charge < -0.3 is 16.0 Å². The number of carbonyl (C=O) groups excluding carboxylic acids is 1. The Morgan fingerprint density at radius 1 is 1.48 bits per heavy atom. The van der Waals surface area contributed by atoms with Gasteiger partial charge in [0, 0.05) is 37.4 Å². The molecular weight excluding hydrogens is 311 g/mol. The number of amides is 1. The van der Waals surface area contributed by atoms with Crippen molar-refractivity contribution in [2.75, 3.05) is 20.1 Å². The van der Waals surface area contributed by atoms with E-state index in [1.165, 1.54) is 0 Å². The van der Waals surface area contributed by atoms with E-state index in [4.69, 9.17) is 5.73 Å². The predicted octanol–water partition coefficient (Wildman–Crippen LogP) is 1.84. The zero-order valence-electron chi connectivity index (χ0n) is 12.8. The molecule has 1 aromatic rings. The van der Waals surface area contributed by atoms with E-state index in [0.717, 1.165) is 18.7 Å². The SMILES string of the molecule is CCC(C)N(C)CCNC(=O)c1ccnc(CN)c1.Cl.Cl. The van der Waals surface area contributed by atoms with E-state index in [0.29, 0.717) is 24.7 Å². The van der Waals surface area contributed by atoms with E-state index >= 15 is 0 Å². The number of halogens is 2. The lowest BCUT2D eigenvalue weighted by Crippen LogP contribution is -2.37. The minimum atomic E-state index is -0.0744. The molecule has 21 heavy (non-hydrogen) atoms. The molecule has 0 aliphatic rings. The number of pyridine rings is 1. The first-order chi connectivity index (χ1) is 9.08. The average molecular weight is 337 g/mol. The fourth-order valence-electron chi connectivity index (χ4n) is 1.71. The molecule has 1 unspecified atom stereocenters. The van der Waals surface area contributed by atoms with Crippen LogP contribution in [0.4, 0.5) is 0 Å². The van der Waals surface area contributed by atoms with Crippen molar-refractivity contribution < 1.29 is 4.79 Å². The zero-order chi connectivity index (χ0) is 14.3. The summed E-state index contributed by atoms with van der Waals surface area (Å²) in [6.45, 7) is 6.16. The first-order valence-electron chi connectivity index (χ1n) is 6.71. The quantitative estimate of drug-likeness (QED) is 0.796. The maximum absolute atomic E-state index is 11.9. The van der Waals surface area contributed by atoms with Crippen LogP contribution in [0.25, 0.3) is 0 Å². The van der Waals surface area contributed by atoms with Crippen molar-refractivity contribution in [3.8, 4) is 0 Å². The summed E-state index contributed by atoms with van der Waals surface area (Å²) in [5.41, 5.74) is 6.85. The van der Waals surface area contributed by atoms with Gasteiger partial charge in [-0.2, -0.15) is 0 Å². The summed E-state index contributed by atoms with van der Waals surface area (Å²) in [5, 5.41) is 2.91. The van der Waals surface area contributed by atoms with Crippen LogP contribution in [0.2, 0.25) is 0 Å². The van der Waals surface area contributed by atoms with Crippen LogP contribution in [0, 0.1) is 0 Å². The third-order valence-corrected chi connectivity index (χ3v) is 3.38. The lowest BCUT2D eigenvalue weighted by Gasteiger charge is -2.23. The maximum atomic E-state index is 11.9. The Hall–Kier alpha value is -0.880. The highest BCUT2D eigenvalue weighted by atomic mass is 35.5. The molecule has 0 aliphatic heterocycles.